The van der Waals surface area contributed by atoms with Crippen LogP contribution in [0.2, 0.25) is 0 Å². The van der Waals surface area contributed by atoms with Gasteiger partial charge >= 0.3 is 6.36 Å². The largest absolute Gasteiger partial charge is 0.573 e. The molecule has 5 rings (SSSR count). The van der Waals surface area contributed by atoms with Crippen molar-refractivity contribution in [2.24, 2.45) is 23.7 Å². The Bertz CT molecular complexity index is 996. The number of alkyl halides is 3. The van der Waals surface area contributed by atoms with E-state index in [-0.39, 0.29) is 35.5 Å². The van der Waals surface area contributed by atoms with Crippen LogP contribution in [0.1, 0.15) is 24.1 Å². The molecule has 158 valence electrons. The van der Waals surface area contributed by atoms with Gasteiger partial charge in [-0.05, 0) is 54.5 Å². The Hall–Kier alpha value is -2.61. The molecule has 3 fully saturated rings. The molecule has 1 aromatic heterocycles. The van der Waals surface area contributed by atoms with E-state index < -0.39 is 12.3 Å². The van der Waals surface area contributed by atoms with E-state index in [9.17, 15) is 18.0 Å². The minimum atomic E-state index is -4.79. The zero-order valence-electron chi connectivity index (χ0n) is 16.4. The highest BCUT2D eigenvalue weighted by atomic mass is 19.4. The van der Waals surface area contributed by atoms with Gasteiger partial charge in [-0.1, -0.05) is 13.0 Å². The number of benzene rings is 1. The number of halogens is 3. The molecule has 2 unspecified atom stereocenters. The summed E-state index contributed by atoms with van der Waals surface area (Å²) in [6.45, 7) is 4.09. The van der Waals surface area contributed by atoms with Gasteiger partial charge < -0.3 is 14.8 Å². The fraction of sp³-hybridized carbons (Fsp3) is 0.455. The average molecular weight is 418 g/mol. The van der Waals surface area contributed by atoms with Crippen LogP contribution in [-0.2, 0) is 9.53 Å². The first-order chi connectivity index (χ1) is 14.2. The van der Waals surface area contributed by atoms with Crippen LogP contribution < -0.4 is 10.1 Å². The number of nitrogens with one attached hydrogen (secondary N) is 1. The number of amides is 1. The molecule has 3 aliphatic rings. The second-order valence-electron chi connectivity index (χ2n) is 8.43. The highest BCUT2D eigenvalue weighted by Gasteiger charge is 2.72. The molecule has 0 radical (unpaired) electrons. The van der Waals surface area contributed by atoms with Gasteiger partial charge in [-0.15, -0.1) is 13.2 Å². The lowest BCUT2D eigenvalue weighted by Crippen LogP contribution is -2.37. The Balaban J connectivity index is 1.41. The fourth-order valence-corrected chi connectivity index (χ4v) is 5.46. The summed E-state index contributed by atoms with van der Waals surface area (Å²) >= 11 is 0. The van der Waals surface area contributed by atoms with E-state index in [2.05, 4.69) is 22.0 Å². The zero-order valence-corrected chi connectivity index (χ0v) is 16.4. The van der Waals surface area contributed by atoms with Crippen LogP contribution in [-0.4, -0.2) is 29.5 Å². The number of carbonyl (C=O) groups excluding carboxylic acids is 1. The third kappa shape index (κ3) is 3.23. The van der Waals surface area contributed by atoms with E-state index in [4.69, 9.17) is 4.74 Å². The Kier molecular flexibility index (Phi) is 4.32. The quantitative estimate of drug-likeness (QED) is 0.805. The van der Waals surface area contributed by atoms with Crippen LogP contribution in [0.4, 0.5) is 18.9 Å². The second-order valence-corrected chi connectivity index (χ2v) is 8.43. The van der Waals surface area contributed by atoms with Gasteiger partial charge in [0.2, 0.25) is 5.91 Å². The summed E-state index contributed by atoms with van der Waals surface area (Å²) in [6, 6.07) is 9.23. The van der Waals surface area contributed by atoms with Crippen molar-refractivity contribution < 1.29 is 27.4 Å². The van der Waals surface area contributed by atoms with Gasteiger partial charge in [0.05, 0.1) is 18.1 Å². The number of aryl methyl sites for hydroxylation is 1. The number of pyridine rings is 1. The van der Waals surface area contributed by atoms with E-state index in [1.807, 2.05) is 19.1 Å². The Morgan fingerprint density at radius 2 is 1.93 bits per heavy atom. The normalized spacial score (nSPS) is 33.8. The van der Waals surface area contributed by atoms with Crippen LogP contribution in [0.25, 0.3) is 0 Å². The smallest absolute Gasteiger partial charge is 0.406 e. The zero-order chi connectivity index (χ0) is 21.2. The van der Waals surface area contributed by atoms with Crippen LogP contribution >= 0.6 is 0 Å². The van der Waals surface area contributed by atoms with Gasteiger partial charge in [-0.25, -0.2) is 0 Å². The first-order valence-electron chi connectivity index (χ1n) is 9.97. The van der Waals surface area contributed by atoms with Crippen molar-refractivity contribution in [2.75, 3.05) is 5.32 Å². The number of hydrogen-bond acceptors (Lipinski definition) is 4. The predicted molar refractivity (Wildman–Crippen MR) is 102 cm³/mol. The highest BCUT2D eigenvalue weighted by Crippen LogP contribution is 2.68. The van der Waals surface area contributed by atoms with Crippen LogP contribution in [0.5, 0.6) is 5.75 Å². The third-order valence-electron chi connectivity index (χ3n) is 6.63. The average Bonchev–Trinajstić information content (AvgIpc) is 3.03. The van der Waals surface area contributed by atoms with Crippen molar-refractivity contribution in [1.29, 1.82) is 0 Å². The summed E-state index contributed by atoms with van der Waals surface area (Å²) in [5.41, 5.74) is 2.14. The maximum absolute atomic E-state index is 13.3. The molecule has 0 spiro atoms. The van der Waals surface area contributed by atoms with E-state index in [0.29, 0.717) is 17.8 Å². The molecule has 1 amide bonds. The van der Waals surface area contributed by atoms with Gasteiger partial charge in [0.1, 0.15) is 5.75 Å². The number of anilines is 1. The van der Waals surface area contributed by atoms with Gasteiger partial charge in [0.15, 0.2) is 0 Å². The van der Waals surface area contributed by atoms with Crippen molar-refractivity contribution in [2.45, 2.75) is 38.3 Å². The van der Waals surface area contributed by atoms with Crippen molar-refractivity contribution in [1.82, 2.24) is 4.98 Å². The molecule has 1 aromatic carbocycles. The van der Waals surface area contributed by atoms with Crippen LogP contribution in [0.15, 0.2) is 42.6 Å². The number of hydrogen-bond donors (Lipinski definition) is 1. The van der Waals surface area contributed by atoms with Gasteiger partial charge in [0, 0.05) is 29.6 Å². The van der Waals surface area contributed by atoms with E-state index in [0.717, 1.165) is 11.3 Å². The molecule has 8 heteroatoms. The molecular weight excluding hydrogens is 397 g/mol. The number of rotatable bonds is 4. The van der Waals surface area contributed by atoms with Crippen molar-refractivity contribution in [3.05, 3.63) is 53.9 Å². The van der Waals surface area contributed by atoms with Gasteiger partial charge in [0.25, 0.3) is 0 Å². The number of carbonyl (C=O) groups is 1. The molecule has 5 nitrogen and oxygen atoms in total. The number of fused-ring (bicyclic) bond motifs is 5. The molecule has 7 atom stereocenters. The fourth-order valence-electron chi connectivity index (χ4n) is 5.46. The van der Waals surface area contributed by atoms with Crippen LogP contribution in [0.3, 0.4) is 0 Å². The number of aromatic nitrogens is 1. The lowest BCUT2D eigenvalue weighted by Gasteiger charge is -2.27. The molecule has 2 saturated heterocycles. The molecule has 1 saturated carbocycles. The minimum absolute atomic E-state index is 0.0209. The van der Waals surface area contributed by atoms with Crippen LogP contribution in [0, 0.1) is 30.6 Å². The monoisotopic (exact) mass is 418 g/mol. The van der Waals surface area contributed by atoms with Gasteiger partial charge in [-0.3, -0.25) is 9.78 Å². The standard InChI is InChI=1S/C22H21F3N2O3/c1-10-8-12(6-7-26-10)17-18(20-16-11(2)15(16)19(17)29-20)21(28)27-13-4-3-5-14(9-13)30-22(23,24)25/h3-9,11,15-20H,1-2H3,(H,27,28)/t11-,15?,16?,17-,18-,19+,20-/m1/s1. The van der Waals surface area contributed by atoms with E-state index in [1.54, 1.807) is 12.3 Å². The second kappa shape index (κ2) is 6.70. The summed E-state index contributed by atoms with van der Waals surface area (Å²) in [7, 11) is 0. The summed E-state index contributed by atoms with van der Waals surface area (Å²) in [5.74, 6) is 0.212. The molecule has 1 N–H and O–H groups in total. The molecule has 2 aromatic rings. The predicted octanol–water partition coefficient (Wildman–Crippen LogP) is 4.29. The third-order valence-corrected chi connectivity index (χ3v) is 6.63. The number of nitrogens with zero attached hydrogens (tertiary/aromatic N) is 1. The Labute approximate surface area is 171 Å². The molecule has 2 aliphatic heterocycles. The molecular formula is C22H21F3N2O3. The summed E-state index contributed by atoms with van der Waals surface area (Å²) in [5, 5.41) is 2.78. The number of ether oxygens (including phenoxy) is 2. The maximum atomic E-state index is 13.3. The van der Waals surface area contributed by atoms with Crippen molar-refractivity contribution in [3.63, 3.8) is 0 Å². The SMILES string of the molecule is Cc1cc([C@@H]2[C@@H](C(=O)Nc3cccc(OC(F)(F)F)c3)[C@@H]3O[C@H]2C2C3[C@@H]2C)ccn1. The first kappa shape index (κ1) is 19.4. The maximum Gasteiger partial charge on any atom is 0.573 e. The summed E-state index contributed by atoms with van der Waals surface area (Å²) < 4.78 is 47.7. The van der Waals surface area contributed by atoms with Crippen molar-refractivity contribution in [3.8, 4) is 5.75 Å². The molecule has 3 heterocycles. The highest BCUT2D eigenvalue weighted by molar-refractivity contribution is 5.94. The first-order valence-corrected chi connectivity index (χ1v) is 9.97. The lowest BCUT2D eigenvalue weighted by molar-refractivity contribution is -0.274. The minimum Gasteiger partial charge on any atom is -0.406 e. The van der Waals surface area contributed by atoms with Crippen molar-refractivity contribution >= 4 is 11.6 Å². The van der Waals surface area contributed by atoms with Gasteiger partial charge in [-0.2, -0.15) is 0 Å². The Morgan fingerprint density at radius 3 is 2.67 bits per heavy atom. The molecule has 30 heavy (non-hydrogen) atoms. The lowest BCUT2D eigenvalue weighted by atomic mass is 9.75. The molecule has 2 bridgehead atoms. The Morgan fingerprint density at radius 1 is 1.17 bits per heavy atom. The topological polar surface area (TPSA) is 60.5 Å². The molecule has 1 aliphatic carbocycles. The van der Waals surface area contributed by atoms with E-state index >= 15 is 0 Å². The van der Waals surface area contributed by atoms with E-state index in [1.165, 1.54) is 18.2 Å². The summed E-state index contributed by atoms with van der Waals surface area (Å²) in [6.07, 6.45) is -3.25. The summed E-state index contributed by atoms with van der Waals surface area (Å²) in [4.78, 5) is 17.5.